The maximum absolute atomic E-state index is 7.95. The zero-order valence-corrected chi connectivity index (χ0v) is 14.8. The predicted molar refractivity (Wildman–Crippen MR) is 114 cm³/mol. The first-order valence-electron chi connectivity index (χ1n) is 8.84. The molecule has 0 amide bonds. The van der Waals surface area contributed by atoms with Crippen LogP contribution in [0.4, 0.5) is 22.7 Å². The highest BCUT2D eigenvalue weighted by atomic mass is 15.1. The third kappa shape index (κ3) is 3.77. The van der Waals surface area contributed by atoms with Crippen LogP contribution in [-0.2, 0) is 0 Å². The molecule has 0 unspecified atom stereocenters. The number of nitrogens with zero attached hydrogens (tertiary/aromatic N) is 2. The summed E-state index contributed by atoms with van der Waals surface area (Å²) in [5.74, 6) is 0. The summed E-state index contributed by atoms with van der Waals surface area (Å²) < 4.78 is 0. The Morgan fingerprint density at radius 3 is 1.67 bits per heavy atom. The molecule has 0 radical (unpaired) electrons. The van der Waals surface area contributed by atoms with Gasteiger partial charge in [0, 0.05) is 17.1 Å². The van der Waals surface area contributed by atoms with Crippen LogP contribution < -0.4 is 4.90 Å². The average Bonchev–Trinajstić information content (AvgIpc) is 2.73. The van der Waals surface area contributed by atoms with E-state index in [9.17, 15) is 0 Å². The molecule has 0 atom stereocenters. The SMILES string of the molecule is N=C1C=CC=CC1=Nc1ccc(N(c2ccccc2)c2ccccc2)cc1. The molecule has 27 heavy (non-hydrogen) atoms. The van der Waals surface area contributed by atoms with Crippen molar-refractivity contribution >= 4 is 34.2 Å². The van der Waals surface area contributed by atoms with Gasteiger partial charge in [-0.1, -0.05) is 48.6 Å². The molecule has 4 rings (SSSR count). The van der Waals surface area contributed by atoms with Crippen molar-refractivity contribution in [2.45, 2.75) is 0 Å². The molecule has 3 nitrogen and oxygen atoms in total. The topological polar surface area (TPSA) is 39.5 Å². The first-order valence-corrected chi connectivity index (χ1v) is 8.84. The minimum Gasteiger partial charge on any atom is -0.311 e. The molecular formula is C24H19N3. The lowest BCUT2D eigenvalue weighted by Gasteiger charge is -2.25. The Kier molecular flexibility index (Phi) is 4.75. The fraction of sp³-hybridized carbons (Fsp3) is 0. The van der Waals surface area contributed by atoms with Crippen LogP contribution in [0.5, 0.6) is 0 Å². The molecule has 0 fully saturated rings. The van der Waals surface area contributed by atoms with E-state index in [0.717, 1.165) is 22.7 Å². The molecule has 0 spiro atoms. The normalized spacial score (nSPS) is 14.5. The number of para-hydroxylation sites is 2. The number of nitrogens with one attached hydrogen (secondary N) is 1. The smallest absolute Gasteiger partial charge is 0.0886 e. The van der Waals surface area contributed by atoms with Crippen LogP contribution >= 0.6 is 0 Å². The van der Waals surface area contributed by atoms with Gasteiger partial charge in [-0.25, -0.2) is 4.99 Å². The molecule has 1 aliphatic carbocycles. The molecule has 0 heterocycles. The summed E-state index contributed by atoms with van der Waals surface area (Å²) in [6.07, 6.45) is 7.36. The summed E-state index contributed by atoms with van der Waals surface area (Å²) in [7, 11) is 0. The highest BCUT2D eigenvalue weighted by Gasteiger charge is 2.11. The molecule has 0 aromatic heterocycles. The van der Waals surface area contributed by atoms with Crippen molar-refractivity contribution in [2.24, 2.45) is 4.99 Å². The van der Waals surface area contributed by atoms with E-state index in [1.165, 1.54) is 0 Å². The minimum absolute atomic E-state index is 0.428. The molecule has 3 heteroatoms. The zero-order valence-electron chi connectivity index (χ0n) is 14.8. The van der Waals surface area contributed by atoms with Gasteiger partial charge in [0.05, 0.1) is 17.1 Å². The van der Waals surface area contributed by atoms with Crippen LogP contribution in [0.1, 0.15) is 0 Å². The number of hydrogen-bond donors (Lipinski definition) is 1. The van der Waals surface area contributed by atoms with E-state index in [-0.39, 0.29) is 0 Å². The fourth-order valence-corrected chi connectivity index (χ4v) is 2.99. The van der Waals surface area contributed by atoms with E-state index in [1.54, 1.807) is 6.08 Å². The average molecular weight is 349 g/mol. The molecule has 0 saturated heterocycles. The second kappa shape index (κ2) is 7.67. The van der Waals surface area contributed by atoms with Crippen molar-refractivity contribution in [3.8, 4) is 0 Å². The van der Waals surface area contributed by atoms with Crippen LogP contribution in [-0.4, -0.2) is 11.4 Å². The molecule has 0 bridgehead atoms. The Labute approximate surface area is 159 Å². The fourth-order valence-electron chi connectivity index (χ4n) is 2.99. The largest absolute Gasteiger partial charge is 0.311 e. The van der Waals surface area contributed by atoms with Gasteiger partial charge in [0.1, 0.15) is 0 Å². The van der Waals surface area contributed by atoms with Crippen molar-refractivity contribution in [3.63, 3.8) is 0 Å². The second-order valence-electron chi connectivity index (χ2n) is 6.15. The lowest BCUT2D eigenvalue weighted by molar-refractivity contribution is 1.28. The second-order valence-corrected chi connectivity index (χ2v) is 6.15. The molecule has 0 aliphatic heterocycles. The molecule has 130 valence electrons. The standard InChI is InChI=1S/C24H19N3/c25-23-13-7-8-14-24(23)26-19-15-17-22(18-16-19)27(20-9-3-1-4-10-20)21-11-5-2-6-12-21/h1-18,25H. The zero-order chi connectivity index (χ0) is 18.5. The quantitative estimate of drug-likeness (QED) is 0.546. The van der Waals surface area contributed by atoms with Gasteiger partial charge in [-0.05, 0) is 60.7 Å². The Balaban J connectivity index is 1.70. The molecule has 3 aromatic carbocycles. The van der Waals surface area contributed by atoms with Crippen LogP contribution in [0.2, 0.25) is 0 Å². The molecular weight excluding hydrogens is 330 g/mol. The summed E-state index contributed by atoms with van der Waals surface area (Å²) in [5, 5.41) is 7.95. The summed E-state index contributed by atoms with van der Waals surface area (Å²) in [6, 6.07) is 28.7. The first kappa shape index (κ1) is 16.7. The van der Waals surface area contributed by atoms with E-state index in [0.29, 0.717) is 11.4 Å². The Morgan fingerprint density at radius 1 is 0.593 bits per heavy atom. The van der Waals surface area contributed by atoms with Gasteiger partial charge in [-0.15, -0.1) is 0 Å². The van der Waals surface area contributed by atoms with Gasteiger partial charge >= 0.3 is 0 Å². The number of anilines is 3. The lowest BCUT2D eigenvalue weighted by Crippen LogP contribution is -2.10. The summed E-state index contributed by atoms with van der Waals surface area (Å²) in [5.41, 5.74) is 5.20. The predicted octanol–water partition coefficient (Wildman–Crippen LogP) is 6.37. The third-order valence-electron chi connectivity index (χ3n) is 4.29. The van der Waals surface area contributed by atoms with Gasteiger partial charge in [-0.3, -0.25) is 5.41 Å². The maximum atomic E-state index is 7.95. The minimum atomic E-state index is 0.428. The van der Waals surface area contributed by atoms with Gasteiger partial charge in [0.2, 0.25) is 0 Å². The van der Waals surface area contributed by atoms with E-state index >= 15 is 0 Å². The lowest BCUT2D eigenvalue weighted by atomic mass is 10.1. The summed E-state index contributed by atoms with van der Waals surface area (Å²) in [4.78, 5) is 6.79. The Hall–Kier alpha value is -3.72. The number of benzene rings is 3. The van der Waals surface area contributed by atoms with Gasteiger partial charge in [-0.2, -0.15) is 0 Å². The first-order chi connectivity index (χ1) is 13.3. The van der Waals surface area contributed by atoms with Crippen LogP contribution in [0.25, 0.3) is 0 Å². The van der Waals surface area contributed by atoms with Crippen molar-refractivity contribution in [3.05, 3.63) is 109 Å². The van der Waals surface area contributed by atoms with E-state index < -0.39 is 0 Å². The molecule has 0 saturated carbocycles. The third-order valence-corrected chi connectivity index (χ3v) is 4.29. The van der Waals surface area contributed by atoms with Crippen molar-refractivity contribution in [2.75, 3.05) is 4.90 Å². The maximum Gasteiger partial charge on any atom is 0.0886 e. The highest BCUT2D eigenvalue weighted by molar-refractivity contribution is 6.50. The molecule has 3 aromatic rings. The van der Waals surface area contributed by atoms with Gasteiger partial charge in [0.15, 0.2) is 0 Å². The number of hydrogen-bond acceptors (Lipinski definition) is 3. The molecule has 1 N–H and O–H groups in total. The van der Waals surface area contributed by atoms with Gasteiger partial charge in [0.25, 0.3) is 0 Å². The van der Waals surface area contributed by atoms with E-state index in [1.807, 2.05) is 66.8 Å². The number of allylic oxidation sites excluding steroid dienone is 4. The van der Waals surface area contributed by atoms with Crippen molar-refractivity contribution in [1.29, 1.82) is 5.41 Å². The monoisotopic (exact) mass is 349 g/mol. The van der Waals surface area contributed by atoms with Gasteiger partial charge < -0.3 is 4.90 Å². The van der Waals surface area contributed by atoms with Crippen molar-refractivity contribution < 1.29 is 0 Å². The molecule has 1 aliphatic rings. The van der Waals surface area contributed by atoms with Crippen LogP contribution in [0.3, 0.4) is 0 Å². The summed E-state index contributed by atoms with van der Waals surface area (Å²) in [6.45, 7) is 0. The Bertz CT molecular complexity index is 975. The van der Waals surface area contributed by atoms with Crippen LogP contribution in [0.15, 0.2) is 114 Å². The highest BCUT2D eigenvalue weighted by Crippen LogP contribution is 2.34. The van der Waals surface area contributed by atoms with Crippen molar-refractivity contribution in [1.82, 2.24) is 0 Å². The number of aliphatic imine (C=N–C) groups is 1. The van der Waals surface area contributed by atoms with E-state index in [4.69, 9.17) is 5.41 Å². The summed E-state index contributed by atoms with van der Waals surface area (Å²) >= 11 is 0. The Morgan fingerprint density at radius 2 is 1.11 bits per heavy atom. The van der Waals surface area contributed by atoms with Crippen LogP contribution in [0, 0.1) is 5.41 Å². The number of rotatable bonds is 4. The van der Waals surface area contributed by atoms with E-state index in [2.05, 4.69) is 46.3 Å².